The lowest BCUT2D eigenvalue weighted by atomic mass is 9.96. The van der Waals surface area contributed by atoms with E-state index in [1.54, 1.807) is 24.7 Å². The molecule has 5 rings (SSSR count). The average molecular weight is 696 g/mol. The maximum absolute atomic E-state index is 13.0. The quantitative estimate of drug-likeness (QED) is 0.0617. The highest BCUT2D eigenvalue weighted by Gasteiger charge is 2.23. The molecule has 2 heterocycles. The second kappa shape index (κ2) is 19.4. The summed E-state index contributed by atoms with van der Waals surface area (Å²) in [5.41, 5.74) is 10.8. The van der Waals surface area contributed by atoms with Crippen LogP contribution in [0.3, 0.4) is 0 Å². The summed E-state index contributed by atoms with van der Waals surface area (Å²) in [6.07, 6.45) is 7.55. The number of hydrogen-bond donors (Lipinski definition) is 6. The number of hydrogen-bond acceptors (Lipinski definition) is 9. The molecule has 7 N–H and O–H groups in total. The third-order valence-corrected chi connectivity index (χ3v) is 9.07. The lowest BCUT2D eigenvalue weighted by molar-refractivity contribution is -0.121. The fourth-order valence-electron chi connectivity index (χ4n) is 6.23. The summed E-state index contributed by atoms with van der Waals surface area (Å²) in [4.78, 5) is 47.4. The number of H-pyrrole nitrogens is 1. The number of amides is 2. The first-order valence-corrected chi connectivity index (χ1v) is 17.8. The van der Waals surface area contributed by atoms with Crippen molar-refractivity contribution in [3.63, 3.8) is 0 Å². The van der Waals surface area contributed by atoms with Gasteiger partial charge in [0.15, 0.2) is 5.78 Å². The van der Waals surface area contributed by atoms with Crippen LogP contribution in [0, 0.1) is 0 Å². The standard InChI is InChI=1S/C39H49N7O5/c40-35(23-30-26-42-27-44-30)38(49)34-24-31(47)14-13-29(34)25-41-18-7-2-8-19-43-37(48)17-22-46-20-15-32(16-21-46)51-39(50)45-36-12-6-5-11-33(36)28-9-3-1-4-10-28/h1,3-6,9-14,24,26-27,32,35,41,47H,2,7-8,15-23,25,40H2,(H,42,44)(H,43,48)(H,45,50)/t35-/m0/s1. The molecule has 0 radical (unpaired) electrons. The maximum Gasteiger partial charge on any atom is 0.411 e. The lowest BCUT2D eigenvalue weighted by Crippen LogP contribution is -2.40. The van der Waals surface area contributed by atoms with Gasteiger partial charge in [0.2, 0.25) is 5.91 Å². The zero-order valence-corrected chi connectivity index (χ0v) is 29.0. The zero-order valence-electron chi connectivity index (χ0n) is 29.0. The van der Waals surface area contributed by atoms with Crippen LogP contribution >= 0.6 is 0 Å². The molecule has 3 aromatic carbocycles. The SMILES string of the molecule is N[C@@H](Cc1cnc[nH]1)C(=O)c1cc(O)ccc1CNCCCCCNC(=O)CCN1CCC(OC(=O)Nc2ccccc2-c2ccccc2)CC1. The molecule has 4 aromatic rings. The Morgan fingerprint density at radius 1 is 0.980 bits per heavy atom. The number of nitrogens with one attached hydrogen (secondary N) is 4. The fraction of sp³-hybridized carbons (Fsp3) is 0.385. The Morgan fingerprint density at radius 3 is 2.53 bits per heavy atom. The Labute approximate surface area is 299 Å². The third kappa shape index (κ3) is 11.8. The second-order valence-electron chi connectivity index (χ2n) is 12.9. The van der Waals surface area contributed by atoms with Crippen molar-refractivity contribution in [2.75, 3.05) is 38.0 Å². The van der Waals surface area contributed by atoms with Gasteiger partial charge in [0.05, 0.1) is 18.1 Å². The molecule has 0 aliphatic carbocycles. The number of benzene rings is 3. The van der Waals surface area contributed by atoms with Gasteiger partial charge < -0.3 is 36.1 Å². The number of aromatic hydroxyl groups is 1. The number of piperidine rings is 1. The molecular formula is C39H49N7O5. The number of carbonyl (C=O) groups excluding carboxylic acids is 3. The first kappa shape index (κ1) is 37.2. The van der Waals surface area contributed by atoms with Crippen molar-refractivity contribution in [2.45, 2.75) is 63.6 Å². The van der Waals surface area contributed by atoms with Crippen LogP contribution < -0.4 is 21.7 Å². The summed E-state index contributed by atoms with van der Waals surface area (Å²) in [5.74, 6) is -0.165. The van der Waals surface area contributed by atoms with Gasteiger partial charge in [-0.3, -0.25) is 14.9 Å². The number of para-hydroxylation sites is 1. The van der Waals surface area contributed by atoms with Crippen molar-refractivity contribution >= 4 is 23.5 Å². The number of imidazole rings is 1. The predicted molar refractivity (Wildman–Crippen MR) is 197 cm³/mol. The van der Waals surface area contributed by atoms with Crippen LogP contribution in [-0.2, 0) is 22.5 Å². The van der Waals surface area contributed by atoms with Crippen LogP contribution in [0.15, 0.2) is 85.3 Å². The minimum Gasteiger partial charge on any atom is -0.508 e. The fourth-order valence-corrected chi connectivity index (χ4v) is 6.23. The Kier molecular flexibility index (Phi) is 14.1. The van der Waals surface area contributed by atoms with Crippen molar-refractivity contribution in [3.05, 3.63) is 102 Å². The van der Waals surface area contributed by atoms with Crippen LogP contribution in [0.1, 0.15) is 60.1 Å². The van der Waals surface area contributed by atoms with Crippen molar-refractivity contribution in [1.82, 2.24) is 25.5 Å². The van der Waals surface area contributed by atoms with Gasteiger partial charge in [-0.15, -0.1) is 0 Å². The molecule has 0 bridgehead atoms. The van der Waals surface area contributed by atoms with Gasteiger partial charge in [-0.2, -0.15) is 0 Å². The molecule has 51 heavy (non-hydrogen) atoms. The van der Waals surface area contributed by atoms with E-state index in [9.17, 15) is 19.5 Å². The first-order valence-electron chi connectivity index (χ1n) is 17.8. The molecule has 0 unspecified atom stereocenters. The summed E-state index contributed by atoms with van der Waals surface area (Å²) in [5, 5.41) is 19.3. The molecule has 0 saturated carbocycles. The van der Waals surface area contributed by atoms with Crippen LogP contribution in [0.2, 0.25) is 0 Å². The number of nitrogens with two attached hydrogens (primary N) is 1. The highest BCUT2D eigenvalue weighted by molar-refractivity contribution is 6.01. The van der Waals surface area contributed by atoms with Gasteiger partial charge in [0, 0.05) is 68.6 Å². The number of likely N-dealkylation sites (tertiary alicyclic amines) is 1. The number of Topliss-reactive ketones (excluding diaryl/α,β-unsaturated/α-hetero) is 1. The number of carbonyl (C=O) groups is 3. The minimum atomic E-state index is -0.747. The topological polar surface area (TPSA) is 175 Å². The number of aromatic nitrogens is 2. The van der Waals surface area contributed by atoms with Crippen molar-refractivity contribution in [1.29, 1.82) is 0 Å². The summed E-state index contributed by atoms with van der Waals surface area (Å²) in [6, 6.07) is 21.7. The highest BCUT2D eigenvalue weighted by atomic mass is 16.6. The van der Waals surface area contributed by atoms with Crippen LogP contribution in [0.4, 0.5) is 10.5 Å². The molecule has 0 spiro atoms. The van der Waals surface area contributed by atoms with Gasteiger partial charge in [-0.1, -0.05) is 61.0 Å². The van der Waals surface area contributed by atoms with E-state index in [2.05, 4.69) is 30.8 Å². The number of anilines is 1. The van der Waals surface area contributed by atoms with E-state index in [0.29, 0.717) is 43.7 Å². The van der Waals surface area contributed by atoms with Crippen LogP contribution in [0.5, 0.6) is 5.75 Å². The predicted octanol–water partition coefficient (Wildman–Crippen LogP) is 5.01. The zero-order chi connectivity index (χ0) is 35.8. The molecule has 1 saturated heterocycles. The van der Waals surface area contributed by atoms with E-state index in [4.69, 9.17) is 10.5 Å². The molecular weight excluding hydrogens is 646 g/mol. The number of ether oxygens (including phenoxy) is 1. The van der Waals surface area contributed by atoms with Gasteiger partial charge in [-0.25, -0.2) is 9.78 Å². The monoisotopic (exact) mass is 695 g/mol. The molecule has 12 heteroatoms. The number of aromatic amines is 1. The highest BCUT2D eigenvalue weighted by Crippen LogP contribution is 2.28. The Bertz CT molecular complexity index is 1690. The van der Waals surface area contributed by atoms with Gasteiger partial charge in [-0.05, 0) is 61.6 Å². The number of phenols is 1. The molecule has 1 aliphatic heterocycles. The van der Waals surface area contributed by atoms with E-state index in [1.165, 1.54) is 6.07 Å². The summed E-state index contributed by atoms with van der Waals surface area (Å²) >= 11 is 0. The van der Waals surface area contributed by atoms with E-state index >= 15 is 0 Å². The molecule has 1 aromatic heterocycles. The minimum absolute atomic E-state index is 0.0239. The van der Waals surface area contributed by atoms with Crippen molar-refractivity contribution in [2.24, 2.45) is 5.73 Å². The largest absolute Gasteiger partial charge is 0.508 e. The Morgan fingerprint density at radius 2 is 1.75 bits per heavy atom. The average Bonchev–Trinajstić information content (AvgIpc) is 3.66. The normalized spacial score (nSPS) is 14.1. The maximum atomic E-state index is 13.0. The Balaban J connectivity index is 0.904. The van der Waals surface area contributed by atoms with E-state index in [0.717, 1.165) is 74.1 Å². The van der Waals surface area contributed by atoms with Gasteiger partial charge >= 0.3 is 6.09 Å². The van der Waals surface area contributed by atoms with E-state index in [1.807, 2.05) is 54.6 Å². The number of rotatable bonds is 18. The first-order chi connectivity index (χ1) is 24.9. The summed E-state index contributed by atoms with van der Waals surface area (Å²) < 4.78 is 5.74. The van der Waals surface area contributed by atoms with Gasteiger partial charge in [0.1, 0.15) is 11.9 Å². The molecule has 12 nitrogen and oxygen atoms in total. The number of unbranched alkanes of at least 4 members (excludes halogenated alkanes) is 2. The lowest BCUT2D eigenvalue weighted by Gasteiger charge is -2.31. The van der Waals surface area contributed by atoms with Gasteiger partial charge in [0.25, 0.3) is 0 Å². The molecule has 270 valence electrons. The van der Waals surface area contributed by atoms with Crippen LogP contribution in [0.25, 0.3) is 11.1 Å². The molecule has 1 aliphatic rings. The van der Waals surface area contributed by atoms with Crippen molar-refractivity contribution in [3.8, 4) is 16.9 Å². The molecule has 1 fully saturated rings. The summed E-state index contributed by atoms with van der Waals surface area (Å²) in [7, 11) is 0. The van der Waals surface area contributed by atoms with Crippen molar-refractivity contribution < 1.29 is 24.2 Å². The van der Waals surface area contributed by atoms with E-state index in [-0.39, 0.29) is 23.5 Å². The molecule has 2 amide bonds. The number of nitrogens with zero attached hydrogens (tertiary/aromatic N) is 2. The molecule has 1 atom stereocenters. The Hall–Kier alpha value is -5.04. The number of phenolic OH excluding ortho intramolecular Hbond substituents is 1. The summed E-state index contributed by atoms with van der Waals surface area (Å²) in [6.45, 7) is 4.09. The smallest absolute Gasteiger partial charge is 0.411 e. The third-order valence-electron chi connectivity index (χ3n) is 9.07. The van der Waals surface area contributed by atoms with E-state index < -0.39 is 12.1 Å². The second-order valence-corrected chi connectivity index (χ2v) is 12.9. The van der Waals surface area contributed by atoms with Crippen LogP contribution in [-0.4, -0.2) is 82.6 Å². The number of ketones is 1.